The molecule has 2 aromatic rings. The predicted molar refractivity (Wildman–Crippen MR) is 110 cm³/mol. The molecule has 0 bridgehead atoms. The van der Waals surface area contributed by atoms with Gasteiger partial charge in [-0.15, -0.1) is 0 Å². The Bertz CT molecular complexity index is 803. The summed E-state index contributed by atoms with van der Waals surface area (Å²) in [5.41, 5.74) is 1.52. The van der Waals surface area contributed by atoms with Crippen LogP contribution in [-0.2, 0) is 11.3 Å². The van der Waals surface area contributed by atoms with Crippen LogP contribution in [0, 0.1) is 0 Å². The second kappa shape index (κ2) is 10.9. The number of benzene rings is 2. The Hall–Kier alpha value is -2.28. The predicted octanol–water partition coefficient (Wildman–Crippen LogP) is 3.37. The Morgan fingerprint density at radius 3 is 2.50 bits per heavy atom. The molecule has 0 fully saturated rings. The summed E-state index contributed by atoms with van der Waals surface area (Å²) >= 11 is 11.9. The van der Waals surface area contributed by atoms with Gasteiger partial charge in [0.2, 0.25) is 5.91 Å². The third kappa shape index (κ3) is 7.03. The summed E-state index contributed by atoms with van der Waals surface area (Å²) in [5, 5.41) is 16.1. The first-order chi connectivity index (χ1) is 13.4. The Morgan fingerprint density at radius 2 is 1.82 bits per heavy atom. The molecule has 8 heteroatoms. The van der Waals surface area contributed by atoms with E-state index in [0.717, 1.165) is 5.56 Å². The van der Waals surface area contributed by atoms with Crippen LogP contribution in [0.25, 0.3) is 0 Å². The van der Waals surface area contributed by atoms with Crippen molar-refractivity contribution in [3.8, 4) is 0 Å². The topological polar surface area (TPSA) is 81.7 Å². The van der Waals surface area contributed by atoms with Gasteiger partial charge in [0, 0.05) is 48.7 Å². The van der Waals surface area contributed by atoms with Crippen LogP contribution in [-0.4, -0.2) is 42.1 Å². The molecule has 1 atom stereocenters. The maximum atomic E-state index is 12.1. The number of nitrogens with zero attached hydrogens (tertiary/aromatic N) is 1. The van der Waals surface area contributed by atoms with E-state index in [1.54, 1.807) is 24.1 Å². The second-order valence-electron chi connectivity index (χ2n) is 6.30. The minimum absolute atomic E-state index is 0.0188. The summed E-state index contributed by atoms with van der Waals surface area (Å²) in [7, 11) is 1.72. The van der Waals surface area contributed by atoms with E-state index in [4.69, 9.17) is 23.2 Å². The maximum Gasteiger partial charge on any atom is 0.314 e. The van der Waals surface area contributed by atoms with Crippen LogP contribution >= 0.6 is 23.2 Å². The van der Waals surface area contributed by atoms with E-state index >= 15 is 0 Å². The van der Waals surface area contributed by atoms with Crippen LogP contribution in [0.1, 0.15) is 23.7 Å². The van der Waals surface area contributed by atoms with E-state index in [2.05, 4.69) is 10.6 Å². The number of rotatable bonds is 8. The molecular formula is C20H23Cl2N3O3. The number of amides is 3. The molecule has 150 valence electrons. The molecule has 1 unspecified atom stereocenters. The van der Waals surface area contributed by atoms with E-state index in [0.29, 0.717) is 22.2 Å². The Morgan fingerprint density at radius 1 is 1.11 bits per heavy atom. The molecule has 28 heavy (non-hydrogen) atoms. The zero-order valence-corrected chi connectivity index (χ0v) is 17.0. The molecule has 0 spiro atoms. The van der Waals surface area contributed by atoms with Crippen molar-refractivity contribution < 1.29 is 14.7 Å². The lowest BCUT2D eigenvalue weighted by molar-refractivity contribution is -0.130. The number of aliphatic hydroxyl groups is 1. The van der Waals surface area contributed by atoms with Crippen LogP contribution in [0.4, 0.5) is 4.79 Å². The Kier molecular flexibility index (Phi) is 8.57. The van der Waals surface area contributed by atoms with Gasteiger partial charge in [0.05, 0.1) is 6.10 Å². The van der Waals surface area contributed by atoms with Crippen molar-refractivity contribution in [2.45, 2.75) is 19.1 Å². The van der Waals surface area contributed by atoms with Gasteiger partial charge in [-0.1, -0.05) is 59.6 Å². The molecule has 0 saturated carbocycles. The highest BCUT2D eigenvalue weighted by molar-refractivity contribution is 6.35. The van der Waals surface area contributed by atoms with E-state index in [9.17, 15) is 14.7 Å². The molecular weight excluding hydrogens is 401 g/mol. The third-order valence-corrected chi connectivity index (χ3v) is 4.65. The minimum atomic E-state index is -0.964. The smallest absolute Gasteiger partial charge is 0.314 e. The molecule has 0 saturated heterocycles. The fraction of sp³-hybridized carbons (Fsp3) is 0.300. The molecule has 3 N–H and O–H groups in total. The average Bonchev–Trinajstić information content (AvgIpc) is 2.66. The first kappa shape index (κ1) is 22.0. The molecule has 0 aliphatic carbocycles. The number of hydrogen-bond acceptors (Lipinski definition) is 3. The van der Waals surface area contributed by atoms with E-state index in [1.807, 2.05) is 30.3 Å². The summed E-state index contributed by atoms with van der Waals surface area (Å²) in [6.45, 7) is 0.691. The lowest BCUT2D eigenvalue weighted by Crippen LogP contribution is -2.39. The van der Waals surface area contributed by atoms with Gasteiger partial charge in [0.1, 0.15) is 0 Å². The van der Waals surface area contributed by atoms with Crippen LogP contribution in [0.2, 0.25) is 10.0 Å². The number of aliphatic hydroxyl groups excluding tert-OH is 1. The summed E-state index contributed by atoms with van der Waals surface area (Å²) in [6.07, 6.45) is -0.781. The van der Waals surface area contributed by atoms with Crippen LogP contribution in [0.5, 0.6) is 0 Å². The summed E-state index contributed by atoms with van der Waals surface area (Å²) in [6, 6.07) is 13.9. The van der Waals surface area contributed by atoms with Crippen molar-refractivity contribution in [3.63, 3.8) is 0 Å². The van der Waals surface area contributed by atoms with Crippen LogP contribution < -0.4 is 10.6 Å². The number of hydrogen-bond donors (Lipinski definition) is 3. The SMILES string of the molecule is CN(Cc1ccccc1)C(=O)CCNC(=O)NCC(O)c1ccc(Cl)cc1Cl. The lowest BCUT2D eigenvalue weighted by Gasteiger charge is -2.18. The average molecular weight is 424 g/mol. The molecule has 3 amide bonds. The molecule has 2 aromatic carbocycles. The first-order valence-corrected chi connectivity index (χ1v) is 9.55. The van der Waals surface area contributed by atoms with Crippen molar-refractivity contribution in [3.05, 3.63) is 69.7 Å². The highest BCUT2D eigenvalue weighted by Crippen LogP contribution is 2.25. The minimum Gasteiger partial charge on any atom is -0.387 e. The maximum absolute atomic E-state index is 12.1. The van der Waals surface area contributed by atoms with Gasteiger partial charge in [0.25, 0.3) is 0 Å². The zero-order valence-electron chi connectivity index (χ0n) is 15.5. The van der Waals surface area contributed by atoms with Crippen LogP contribution in [0.15, 0.2) is 48.5 Å². The Labute approximate surface area is 174 Å². The molecule has 0 heterocycles. The summed E-state index contributed by atoms with van der Waals surface area (Å²) in [4.78, 5) is 25.6. The molecule has 2 rings (SSSR count). The number of urea groups is 1. The van der Waals surface area contributed by atoms with Gasteiger partial charge in [-0.2, -0.15) is 0 Å². The zero-order chi connectivity index (χ0) is 20.5. The van der Waals surface area contributed by atoms with E-state index in [-0.39, 0.29) is 25.4 Å². The van der Waals surface area contributed by atoms with Gasteiger partial charge >= 0.3 is 6.03 Å². The number of carbonyl (C=O) groups is 2. The fourth-order valence-corrected chi connectivity index (χ4v) is 3.09. The standard InChI is InChI=1S/C20H23Cl2N3O3/c1-25(13-14-5-3-2-4-6-14)19(27)9-10-23-20(28)24-12-18(26)16-8-7-15(21)11-17(16)22/h2-8,11,18,26H,9-10,12-13H2,1H3,(H2,23,24,28). The van der Waals surface area contributed by atoms with Crippen molar-refractivity contribution in [2.24, 2.45) is 0 Å². The van der Waals surface area contributed by atoms with Gasteiger partial charge < -0.3 is 20.6 Å². The molecule has 0 aliphatic heterocycles. The monoisotopic (exact) mass is 423 g/mol. The van der Waals surface area contributed by atoms with Gasteiger partial charge in [0.15, 0.2) is 0 Å². The van der Waals surface area contributed by atoms with Gasteiger partial charge in [-0.05, 0) is 17.7 Å². The summed E-state index contributed by atoms with van der Waals surface area (Å²) in [5.74, 6) is -0.0721. The fourth-order valence-electron chi connectivity index (χ4n) is 2.55. The quantitative estimate of drug-likeness (QED) is 0.608. The molecule has 0 aromatic heterocycles. The van der Waals surface area contributed by atoms with Crippen molar-refractivity contribution in [2.75, 3.05) is 20.1 Å². The normalized spacial score (nSPS) is 11.6. The number of halogens is 2. The lowest BCUT2D eigenvalue weighted by atomic mass is 10.1. The van der Waals surface area contributed by atoms with E-state index < -0.39 is 12.1 Å². The van der Waals surface area contributed by atoms with Crippen molar-refractivity contribution in [1.29, 1.82) is 0 Å². The molecule has 0 aliphatic rings. The number of carbonyl (C=O) groups excluding carboxylic acids is 2. The second-order valence-corrected chi connectivity index (χ2v) is 7.15. The highest BCUT2D eigenvalue weighted by atomic mass is 35.5. The van der Waals surface area contributed by atoms with Gasteiger partial charge in [-0.25, -0.2) is 4.79 Å². The first-order valence-electron chi connectivity index (χ1n) is 8.79. The highest BCUT2D eigenvalue weighted by Gasteiger charge is 2.14. The number of nitrogens with one attached hydrogen (secondary N) is 2. The van der Waals surface area contributed by atoms with Crippen molar-refractivity contribution in [1.82, 2.24) is 15.5 Å². The van der Waals surface area contributed by atoms with Crippen molar-refractivity contribution >= 4 is 35.1 Å². The van der Waals surface area contributed by atoms with E-state index in [1.165, 1.54) is 6.07 Å². The summed E-state index contributed by atoms with van der Waals surface area (Å²) < 4.78 is 0. The third-order valence-electron chi connectivity index (χ3n) is 4.09. The van der Waals surface area contributed by atoms with Crippen LogP contribution in [0.3, 0.4) is 0 Å². The largest absolute Gasteiger partial charge is 0.387 e. The Balaban J connectivity index is 1.68. The molecule has 0 radical (unpaired) electrons. The molecule has 6 nitrogen and oxygen atoms in total. The van der Waals surface area contributed by atoms with Gasteiger partial charge in [-0.3, -0.25) is 4.79 Å².